The van der Waals surface area contributed by atoms with Gasteiger partial charge in [-0.1, -0.05) is 0 Å². The second kappa shape index (κ2) is 7.44. The van der Waals surface area contributed by atoms with Gasteiger partial charge in [0.1, 0.15) is 0 Å². The summed E-state index contributed by atoms with van der Waals surface area (Å²) in [4.78, 5) is 9.00. The molecule has 4 nitrogen and oxygen atoms in total. The number of rotatable bonds is 0. The highest BCUT2D eigenvalue weighted by atomic mass is 32.3. The summed E-state index contributed by atoms with van der Waals surface area (Å²) in [7, 11) is -4.26. The van der Waals surface area contributed by atoms with Gasteiger partial charge in [0.25, 0.3) is 5.97 Å². The Bertz CT molecular complexity index is 183. The number of carboxylic acid groups (broad SMARTS) is 1. The van der Waals surface area contributed by atoms with Crippen LogP contribution < -0.4 is 0 Å². The molecule has 0 aliphatic rings. The third kappa shape index (κ3) is 106. The maximum atomic E-state index is 10.6. The quantitative estimate of drug-likeness (QED) is 0.383. The highest BCUT2D eigenvalue weighted by Crippen LogP contribution is 1.42. The fourth-order valence-corrected chi connectivity index (χ4v) is 0. The first-order valence-corrected chi connectivity index (χ1v) is 4.70. The van der Waals surface area contributed by atoms with E-state index >= 15 is 0 Å². The highest BCUT2D eigenvalue weighted by molar-refractivity contribution is 7.78. The summed E-state index contributed by atoms with van der Waals surface area (Å²) >= 11 is 0. The summed E-state index contributed by atoms with van der Waals surface area (Å²) < 4.78 is 28.6. The van der Waals surface area contributed by atoms with Crippen molar-refractivity contribution in [2.75, 3.05) is 0 Å². The van der Waals surface area contributed by atoms with Crippen LogP contribution in [0, 0.1) is 0 Å². The van der Waals surface area contributed by atoms with Crippen molar-refractivity contribution in [1.82, 2.24) is 0 Å². The van der Waals surface area contributed by atoms with E-state index in [1.165, 1.54) is 0 Å². The van der Waals surface area contributed by atoms with Gasteiger partial charge in [0.2, 0.25) is 0 Å². The lowest BCUT2D eigenvalue weighted by Gasteiger charge is -1.59. The molecule has 7 heteroatoms. The number of aliphatic carboxylic acids is 1. The zero-order valence-corrected chi connectivity index (χ0v) is 6.51. The molecule has 0 spiro atoms. The zero-order valence-electron chi connectivity index (χ0n) is 4.54. The van der Waals surface area contributed by atoms with Gasteiger partial charge in [-0.2, -0.15) is 8.42 Å². The summed E-state index contributed by atoms with van der Waals surface area (Å²) in [6, 6.07) is 0. The van der Waals surface area contributed by atoms with Crippen LogP contribution in [0.15, 0.2) is 0 Å². The molecule has 54 valence electrons. The summed E-state index contributed by atoms with van der Waals surface area (Å²) in [6.07, 6.45) is 0. The summed E-state index contributed by atoms with van der Waals surface area (Å²) in [6.45, 7) is 1.08. The van der Waals surface area contributed by atoms with Gasteiger partial charge in [0.05, 0.1) is 0 Å². The maximum Gasteiger partial charge on any atom is 0.365 e. The number of carboxylic acids is 1. The van der Waals surface area contributed by atoms with Gasteiger partial charge >= 0.3 is 8.56 Å². The van der Waals surface area contributed by atoms with E-state index < -0.39 is 24.2 Å². The van der Waals surface area contributed by atoms with Gasteiger partial charge in [0.15, 0.2) is 9.70 Å². The van der Waals surface area contributed by atoms with Gasteiger partial charge in [-0.15, -0.1) is 0 Å². The SMILES string of the molecule is CC(=O)O.O=S(=O)=[SiH]F. The molecular weight excluding hydrogens is 167 g/mol. The lowest BCUT2D eigenvalue weighted by Crippen LogP contribution is -1.78. The molecule has 0 aliphatic carbocycles. The largest absolute Gasteiger partial charge is 0.481 e. The lowest BCUT2D eigenvalue weighted by molar-refractivity contribution is -0.134. The smallest absolute Gasteiger partial charge is 0.365 e. The standard InChI is InChI=1S/C2H4O2.FHO2SSi/c1-2(3)4;1-5-4(2)3/h1H3,(H,3,4);5H. The molecule has 0 saturated carbocycles. The summed E-state index contributed by atoms with van der Waals surface area (Å²) in [5, 5.41) is 7.42. The van der Waals surface area contributed by atoms with Crippen molar-refractivity contribution in [2.24, 2.45) is 0 Å². The first-order chi connectivity index (χ1) is 4.00. The molecule has 1 N–H and O–H groups in total. The van der Waals surface area contributed by atoms with Crippen molar-refractivity contribution in [2.45, 2.75) is 6.92 Å². The Hall–Kier alpha value is -0.563. The Morgan fingerprint density at radius 2 is 1.78 bits per heavy atom. The lowest BCUT2D eigenvalue weighted by atomic mass is 10.9. The van der Waals surface area contributed by atoms with Gasteiger partial charge in [-0.3, -0.25) is 8.90 Å². The number of hydrogen-bond donors (Lipinski definition) is 1. The molecule has 0 fully saturated rings. The molecule has 0 bridgehead atoms. The van der Waals surface area contributed by atoms with Gasteiger partial charge in [-0.25, -0.2) is 0 Å². The van der Waals surface area contributed by atoms with E-state index in [1.54, 1.807) is 0 Å². The van der Waals surface area contributed by atoms with Crippen LogP contribution in [-0.2, 0) is 14.5 Å². The molecule has 0 aromatic rings. The van der Waals surface area contributed by atoms with Crippen LogP contribution in [0.2, 0.25) is 0 Å². The van der Waals surface area contributed by atoms with Crippen molar-refractivity contribution < 1.29 is 22.4 Å². The molecule has 0 unspecified atom stereocenters. The number of halogens is 1. The van der Waals surface area contributed by atoms with E-state index in [0.29, 0.717) is 0 Å². The van der Waals surface area contributed by atoms with Crippen LogP contribution in [0.25, 0.3) is 0 Å². The van der Waals surface area contributed by atoms with Crippen molar-refractivity contribution in [3.8, 4) is 0 Å². The molecule has 0 rings (SSSR count). The van der Waals surface area contributed by atoms with Crippen molar-refractivity contribution in [1.29, 1.82) is 0 Å². The van der Waals surface area contributed by atoms with E-state index in [0.717, 1.165) is 6.92 Å². The Balaban J connectivity index is 0. The third-order valence-corrected chi connectivity index (χ3v) is 0.655. The monoisotopic (exact) mass is 172 g/mol. The molecule has 0 aromatic heterocycles. The minimum atomic E-state index is -2.41. The van der Waals surface area contributed by atoms with E-state index in [9.17, 15) is 4.11 Å². The van der Waals surface area contributed by atoms with Crippen LogP contribution >= 0.6 is 0 Å². The molecule has 0 aromatic carbocycles. The average molecular weight is 172 g/mol. The Kier molecular flexibility index (Phi) is 9.31. The average Bonchev–Trinajstić information content (AvgIpc) is 1.65. The molecule has 0 atom stereocenters. The van der Waals surface area contributed by atoms with Crippen molar-refractivity contribution in [3.63, 3.8) is 0 Å². The molecule has 0 radical (unpaired) electrons. The van der Waals surface area contributed by atoms with Gasteiger partial charge in [0, 0.05) is 6.92 Å². The van der Waals surface area contributed by atoms with Crippen LogP contribution in [0.3, 0.4) is 0 Å². The molecular formula is C2H5FO4SSi. The van der Waals surface area contributed by atoms with Crippen LogP contribution in [0.4, 0.5) is 4.11 Å². The minimum Gasteiger partial charge on any atom is -0.481 e. The topological polar surface area (TPSA) is 71.4 Å². The number of hydrogen-bond acceptors (Lipinski definition) is 3. The van der Waals surface area contributed by atoms with Crippen LogP contribution in [0.1, 0.15) is 6.92 Å². The maximum absolute atomic E-state index is 10.6. The second-order valence-corrected chi connectivity index (χ2v) is 3.26. The first-order valence-electron chi connectivity index (χ1n) is 1.71. The third-order valence-electron chi connectivity index (χ3n) is 0.0727. The van der Waals surface area contributed by atoms with E-state index in [-0.39, 0.29) is 0 Å². The summed E-state index contributed by atoms with van der Waals surface area (Å²) in [5.74, 6) is -0.833. The van der Waals surface area contributed by atoms with Gasteiger partial charge < -0.3 is 5.11 Å². The molecule has 0 heterocycles. The normalized spacial score (nSPS) is 6.44. The Labute approximate surface area is 54.4 Å². The van der Waals surface area contributed by atoms with Gasteiger partial charge in [-0.05, 0) is 0 Å². The molecule has 9 heavy (non-hydrogen) atoms. The first kappa shape index (κ1) is 11.3. The molecule has 0 amide bonds. The Morgan fingerprint density at radius 1 is 1.67 bits per heavy atom. The van der Waals surface area contributed by atoms with Crippen molar-refractivity contribution >= 4 is 24.2 Å². The Morgan fingerprint density at radius 3 is 1.78 bits per heavy atom. The second-order valence-electron chi connectivity index (χ2n) is 0.869. The minimum absolute atomic E-state index is 0.833. The van der Waals surface area contributed by atoms with E-state index in [4.69, 9.17) is 18.3 Å². The zero-order chi connectivity index (χ0) is 7.86. The predicted molar refractivity (Wildman–Crippen MR) is 30.5 cm³/mol. The molecule has 0 aliphatic heterocycles. The van der Waals surface area contributed by atoms with E-state index in [1.807, 2.05) is 0 Å². The highest BCUT2D eigenvalue weighted by Gasteiger charge is 1.65. The molecule has 0 saturated heterocycles. The number of carbonyl (C=O) groups is 1. The van der Waals surface area contributed by atoms with Crippen molar-refractivity contribution in [3.05, 3.63) is 0 Å². The fourth-order valence-electron chi connectivity index (χ4n) is 0. The fraction of sp³-hybridized carbons (Fsp3) is 0.500. The predicted octanol–water partition coefficient (Wildman–Crippen LogP) is -0.808. The van der Waals surface area contributed by atoms with Crippen LogP contribution in [0.5, 0.6) is 0 Å². The summed E-state index contributed by atoms with van der Waals surface area (Å²) in [5.41, 5.74) is 0. The van der Waals surface area contributed by atoms with E-state index in [2.05, 4.69) is 0 Å². The van der Waals surface area contributed by atoms with Crippen LogP contribution in [-0.4, -0.2) is 28.1 Å².